The van der Waals surface area contributed by atoms with Gasteiger partial charge in [-0.2, -0.15) is 0 Å². The first kappa shape index (κ1) is 10.1. The number of nitrogens with zero attached hydrogens (tertiary/aromatic N) is 2. The summed E-state index contributed by atoms with van der Waals surface area (Å²) in [5.74, 6) is 0.307. The number of hydrogen-bond acceptors (Lipinski definition) is 3. The zero-order chi connectivity index (χ0) is 9.97. The van der Waals surface area contributed by atoms with Crippen molar-refractivity contribution in [3.63, 3.8) is 0 Å². The third kappa shape index (κ3) is 2.35. The van der Waals surface area contributed by atoms with E-state index in [0.29, 0.717) is 17.7 Å². The highest BCUT2D eigenvalue weighted by Crippen LogP contribution is 2.25. The van der Waals surface area contributed by atoms with Gasteiger partial charge in [-0.25, -0.2) is 9.97 Å². The molecule has 0 bridgehead atoms. The number of halogens is 2. The standard InChI is InChI=1S/C9H10Cl2N2O/c10-8-4-7(12-9(11)13-8)6-2-1-3-14-5-6/h4,6H,1-3,5H2/t6-/m0/s1. The van der Waals surface area contributed by atoms with Crippen molar-refractivity contribution in [1.29, 1.82) is 0 Å². The van der Waals surface area contributed by atoms with Crippen molar-refractivity contribution in [3.8, 4) is 0 Å². The molecule has 0 spiro atoms. The zero-order valence-corrected chi connectivity index (χ0v) is 9.05. The third-order valence-electron chi connectivity index (χ3n) is 2.27. The highest BCUT2D eigenvalue weighted by Gasteiger charge is 2.18. The Balaban J connectivity index is 2.21. The fraction of sp³-hybridized carbons (Fsp3) is 0.556. The molecule has 1 saturated heterocycles. The van der Waals surface area contributed by atoms with Crippen LogP contribution in [0.5, 0.6) is 0 Å². The molecule has 1 atom stereocenters. The summed E-state index contributed by atoms with van der Waals surface area (Å²) in [6.07, 6.45) is 2.13. The van der Waals surface area contributed by atoms with Crippen LogP contribution in [0.3, 0.4) is 0 Å². The number of ether oxygens (including phenoxy) is 1. The van der Waals surface area contributed by atoms with E-state index in [1.807, 2.05) is 0 Å². The van der Waals surface area contributed by atoms with Crippen LogP contribution in [0.25, 0.3) is 0 Å². The van der Waals surface area contributed by atoms with Gasteiger partial charge in [0.1, 0.15) is 5.15 Å². The first-order valence-corrected chi connectivity index (χ1v) is 5.29. The number of aromatic nitrogens is 2. The molecule has 0 radical (unpaired) electrons. The Hall–Kier alpha value is -0.380. The average molecular weight is 233 g/mol. The lowest BCUT2D eigenvalue weighted by Crippen LogP contribution is -2.16. The molecule has 1 aliphatic heterocycles. The number of hydrogen-bond donors (Lipinski definition) is 0. The molecule has 0 amide bonds. The number of rotatable bonds is 1. The molecule has 1 aromatic rings. The molecule has 0 aromatic carbocycles. The van der Waals surface area contributed by atoms with Crippen molar-refractivity contribution < 1.29 is 4.74 Å². The van der Waals surface area contributed by atoms with E-state index in [9.17, 15) is 0 Å². The summed E-state index contributed by atoms with van der Waals surface area (Å²) in [4.78, 5) is 7.96. The van der Waals surface area contributed by atoms with E-state index >= 15 is 0 Å². The SMILES string of the molecule is Clc1cc([C@H]2CCCOC2)nc(Cl)n1. The van der Waals surface area contributed by atoms with Gasteiger partial charge in [-0.15, -0.1) is 0 Å². The minimum absolute atomic E-state index is 0.207. The summed E-state index contributed by atoms with van der Waals surface area (Å²) in [6, 6.07) is 1.76. The lowest BCUT2D eigenvalue weighted by atomic mass is 9.98. The molecule has 1 aliphatic rings. The van der Waals surface area contributed by atoms with Gasteiger partial charge in [0.05, 0.1) is 12.3 Å². The molecule has 5 heteroatoms. The van der Waals surface area contributed by atoms with Gasteiger partial charge in [-0.1, -0.05) is 11.6 Å². The molecule has 0 unspecified atom stereocenters. The maximum absolute atomic E-state index is 5.79. The van der Waals surface area contributed by atoms with E-state index in [1.54, 1.807) is 6.07 Å². The minimum Gasteiger partial charge on any atom is -0.381 e. The molecule has 76 valence electrons. The van der Waals surface area contributed by atoms with Crippen LogP contribution >= 0.6 is 23.2 Å². The lowest BCUT2D eigenvalue weighted by Gasteiger charge is -2.21. The van der Waals surface area contributed by atoms with Gasteiger partial charge in [0.25, 0.3) is 0 Å². The normalized spacial score (nSPS) is 22.3. The summed E-state index contributed by atoms with van der Waals surface area (Å²) < 4.78 is 5.37. The van der Waals surface area contributed by atoms with Crippen LogP contribution in [-0.2, 0) is 4.74 Å². The maximum atomic E-state index is 5.79. The maximum Gasteiger partial charge on any atom is 0.224 e. The van der Waals surface area contributed by atoms with Crippen LogP contribution in [0.2, 0.25) is 10.4 Å². The van der Waals surface area contributed by atoms with Crippen LogP contribution in [-0.4, -0.2) is 23.2 Å². The van der Waals surface area contributed by atoms with Crippen molar-refractivity contribution in [3.05, 3.63) is 22.2 Å². The summed E-state index contributed by atoms with van der Waals surface area (Å²) in [6.45, 7) is 1.53. The molecule has 2 rings (SSSR count). The Bertz CT molecular complexity index is 306. The fourth-order valence-corrected chi connectivity index (χ4v) is 2.01. The highest BCUT2D eigenvalue weighted by molar-refractivity contribution is 6.31. The largest absolute Gasteiger partial charge is 0.381 e. The predicted octanol–water partition coefficient (Wildman–Crippen LogP) is 2.68. The second kappa shape index (κ2) is 4.43. The quantitative estimate of drug-likeness (QED) is 0.552. The smallest absolute Gasteiger partial charge is 0.224 e. The molecule has 1 fully saturated rings. The highest BCUT2D eigenvalue weighted by atomic mass is 35.5. The van der Waals surface area contributed by atoms with Gasteiger partial charge >= 0.3 is 0 Å². The van der Waals surface area contributed by atoms with E-state index in [0.717, 1.165) is 25.1 Å². The molecule has 2 heterocycles. The van der Waals surface area contributed by atoms with Crippen molar-refractivity contribution in [2.75, 3.05) is 13.2 Å². The van der Waals surface area contributed by atoms with Crippen LogP contribution in [0.1, 0.15) is 24.5 Å². The van der Waals surface area contributed by atoms with E-state index in [4.69, 9.17) is 27.9 Å². The third-order valence-corrected chi connectivity index (χ3v) is 2.63. The van der Waals surface area contributed by atoms with Crippen molar-refractivity contribution >= 4 is 23.2 Å². The Morgan fingerprint density at radius 1 is 1.36 bits per heavy atom. The zero-order valence-electron chi connectivity index (χ0n) is 7.54. The summed E-state index contributed by atoms with van der Waals surface area (Å²) in [5.41, 5.74) is 0.884. The van der Waals surface area contributed by atoms with Gasteiger partial charge in [0, 0.05) is 12.5 Å². The van der Waals surface area contributed by atoms with Gasteiger partial charge in [-0.05, 0) is 30.5 Å². The summed E-state index contributed by atoms with van der Waals surface area (Å²) in [5, 5.41) is 0.601. The van der Waals surface area contributed by atoms with Crippen molar-refractivity contribution in [2.45, 2.75) is 18.8 Å². The van der Waals surface area contributed by atoms with E-state index in [2.05, 4.69) is 9.97 Å². The Kier molecular flexibility index (Phi) is 3.21. The molecule has 1 aromatic heterocycles. The van der Waals surface area contributed by atoms with Gasteiger partial charge in [0.15, 0.2) is 0 Å². The van der Waals surface area contributed by atoms with E-state index in [1.165, 1.54) is 0 Å². The minimum atomic E-state index is 0.207. The van der Waals surface area contributed by atoms with Crippen LogP contribution in [0.15, 0.2) is 6.07 Å². The second-order valence-corrected chi connectivity index (χ2v) is 4.02. The molecule has 0 N–H and O–H groups in total. The molecule has 0 saturated carbocycles. The van der Waals surface area contributed by atoms with Gasteiger partial charge in [-0.3, -0.25) is 0 Å². The molecule has 0 aliphatic carbocycles. The molecule has 3 nitrogen and oxygen atoms in total. The summed E-state index contributed by atoms with van der Waals surface area (Å²) >= 11 is 11.5. The average Bonchev–Trinajstić information content (AvgIpc) is 2.18. The van der Waals surface area contributed by atoms with E-state index in [-0.39, 0.29) is 5.28 Å². The topological polar surface area (TPSA) is 35.0 Å². The van der Waals surface area contributed by atoms with Crippen LogP contribution in [0, 0.1) is 0 Å². The van der Waals surface area contributed by atoms with Crippen LogP contribution in [0.4, 0.5) is 0 Å². The predicted molar refractivity (Wildman–Crippen MR) is 54.8 cm³/mol. The first-order chi connectivity index (χ1) is 6.75. The Morgan fingerprint density at radius 3 is 2.86 bits per heavy atom. The fourth-order valence-electron chi connectivity index (χ4n) is 1.59. The summed E-state index contributed by atoms with van der Waals surface area (Å²) in [7, 11) is 0. The lowest BCUT2D eigenvalue weighted by molar-refractivity contribution is 0.0793. The first-order valence-electron chi connectivity index (χ1n) is 4.53. The van der Waals surface area contributed by atoms with Crippen LogP contribution < -0.4 is 0 Å². The second-order valence-electron chi connectivity index (χ2n) is 3.30. The molecule has 14 heavy (non-hydrogen) atoms. The van der Waals surface area contributed by atoms with Gasteiger partial charge < -0.3 is 4.74 Å². The molecular weight excluding hydrogens is 223 g/mol. The monoisotopic (exact) mass is 232 g/mol. The Morgan fingerprint density at radius 2 is 2.21 bits per heavy atom. The van der Waals surface area contributed by atoms with Crippen molar-refractivity contribution in [1.82, 2.24) is 9.97 Å². The van der Waals surface area contributed by atoms with Crippen molar-refractivity contribution in [2.24, 2.45) is 0 Å². The Labute approximate surface area is 92.4 Å². The molecular formula is C9H10Cl2N2O. The van der Waals surface area contributed by atoms with E-state index < -0.39 is 0 Å². The van der Waals surface area contributed by atoms with Gasteiger partial charge in [0.2, 0.25) is 5.28 Å².